The molecule has 0 saturated heterocycles. The molecule has 0 aromatic rings. The quantitative estimate of drug-likeness (QED) is 0.799. The van der Waals surface area contributed by atoms with E-state index in [0.717, 1.165) is 6.54 Å². The van der Waals surface area contributed by atoms with E-state index in [1.54, 1.807) is 0 Å². The number of hydrogen-bond donors (Lipinski definition) is 1. The normalized spacial score (nSPS) is 30.5. The van der Waals surface area contributed by atoms with Gasteiger partial charge >= 0.3 is 0 Å². The van der Waals surface area contributed by atoms with Gasteiger partial charge in [-0.1, -0.05) is 34.1 Å². The van der Waals surface area contributed by atoms with E-state index in [2.05, 4.69) is 39.5 Å². The first-order valence-corrected chi connectivity index (χ1v) is 7.42. The molecule has 0 spiro atoms. The fourth-order valence-corrected chi connectivity index (χ4v) is 3.19. The molecule has 2 heteroatoms. The van der Waals surface area contributed by atoms with Crippen LogP contribution in [0.2, 0.25) is 0 Å². The second kappa shape index (κ2) is 6.19. The molecule has 1 rings (SSSR count). The number of rotatable bonds is 5. The minimum atomic E-state index is 0.331. The maximum absolute atomic E-state index is 6.47. The fraction of sp³-hybridized carbons (Fsp3) is 1.00. The summed E-state index contributed by atoms with van der Waals surface area (Å²) in [6.07, 6.45) is 5.19. The van der Waals surface area contributed by atoms with Gasteiger partial charge in [-0.25, -0.2) is 0 Å². The number of nitrogens with zero attached hydrogens (tertiary/aromatic N) is 1. The van der Waals surface area contributed by atoms with Crippen LogP contribution in [0, 0.1) is 11.3 Å². The van der Waals surface area contributed by atoms with Crippen molar-refractivity contribution in [2.24, 2.45) is 17.1 Å². The third-order valence-corrected chi connectivity index (χ3v) is 4.90. The Balaban J connectivity index is 2.60. The van der Waals surface area contributed by atoms with Gasteiger partial charge < -0.3 is 10.6 Å². The van der Waals surface area contributed by atoms with E-state index in [9.17, 15) is 0 Å². The molecule has 3 unspecified atom stereocenters. The van der Waals surface area contributed by atoms with Crippen molar-refractivity contribution in [2.45, 2.75) is 72.4 Å². The molecule has 1 aliphatic carbocycles. The highest BCUT2D eigenvalue weighted by Gasteiger charge is 2.37. The lowest BCUT2D eigenvalue weighted by Crippen LogP contribution is -2.51. The standard InChI is InChI=1S/C15H32N2/c1-6-12(3)17(7-2)11-13-9-8-10-15(4,5)14(13)16/h12-14H,6-11,16H2,1-5H3. The van der Waals surface area contributed by atoms with E-state index >= 15 is 0 Å². The summed E-state index contributed by atoms with van der Waals surface area (Å²) in [5.41, 5.74) is 6.81. The Morgan fingerprint density at radius 2 is 2.00 bits per heavy atom. The molecule has 2 nitrogen and oxygen atoms in total. The zero-order valence-electron chi connectivity index (χ0n) is 12.5. The lowest BCUT2D eigenvalue weighted by molar-refractivity contribution is 0.0885. The van der Waals surface area contributed by atoms with Crippen LogP contribution in [-0.2, 0) is 0 Å². The molecule has 0 aromatic heterocycles. The Morgan fingerprint density at radius 3 is 2.53 bits per heavy atom. The Morgan fingerprint density at radius 1 is 1.35 bits per heavy atom. The molecule has 1 fully saturated rings. The lowest BCUT2D eigenvalue weighted by atomic mass is 9.68. The molecule has 0 aromatic carbocycles. The van der Waals surface area contributed by atoms with Gasteiger partial charge in [-0.05, 0) is 44.1 Å². The number of hydrogen-bond acceptors (Lipinski definition) is 2. The smallest absolute Gasteiger partial charge is 0.0131 e. The molecule has 2 N–H and O–H groups in total. The lowest BCUT2D eigenvalue weighted by Gasteiger charge is -2.44. The molecule has 102 valence electrons. The van der Waals surface area contributed by atoms with Crippen molar-refractivity contribution in [3.63, 3.8) is 0 Å². The highest BCUT2D eigenvalue weighted by atomic mass is 15.1. The molecule has 0 radical (unpaired) electrons. The van der Waals surface area contributed by atoms with Gasteiger partial charge in [0.15, 0.2) is 0 Å². The summed E-state index contributed by atoms with van der Waals surface area (Å²) in [5, 5.41) is 0. The summed E-state index contributed by atoms with van der Waals surface area (Å²) >= 11 is 0. The van der Waals surface area contributed by atoms with E-state index in [4.69, 9.17) is 5.73 Å². The minimum absolute atomic E-state index is 0.331. The van der Waals surface area contributed by atoms with E-state index in [-0.39, 0.29) is 0 Å². The molecule has 17 heavy (non-hydrogen) atoms. The molecule has 1 saturated carbocycles. The topological polar surface area (TPSA) is 29.3 Å². The average molecular weight is 240 g/mol. The maximum Gasteiger partial charge on any atom is 0.0131 e. The summed E-state index contributed by atoms with van der Waals surface area (Å²) in [6.45, 7) is 13.9. The average Bonchev–Trinajstić information content (AvgIpc) is 2.30. The van der Waals surface area contributed by atoms with Gasteiger partial charge in [0, 0.05) is 18.6 Å². The summed E-state index contributed by atoms with van der Waals surface area (Å²) in [4.78, 5) is 2.60. The highest BCUT2D eigenvalue weighted by Crippen LogP contribution is 2.38. The maximum atomic E-state index is 6.47. The van der Waals surface area contributed by atoms with Crippen LogP contribution in [0.3, 0.4) is 0 Å². The second-order valence-corrected chi connectivity index (χ2v) is 6.51. The van der Waals surface area contributed by atoms with Crippen LogP contribution in [0.1, 0.15) is 60.3 Å². The molecule has 3 atom stereocenters. The molecule has 0 bridgehead atoms. The third kappa shape index (κ3) is 3.69. The molecule has 1 aliphatic rings. The zero-order valence-corrected chi connectivity index (χ0v) is 12.5. The summed E-state index contributed by atoms with van der Waals surface area (Å²) in [7, 11) is 0. The van der Waals surface area contributed by atoms with E-state index in [1.807, 2.05) is 0 Å². The van der Waals surface area contributed by atoms with Crippen molar-refractivity contribution >= 4 is 0 Å². The Kier molecular flexibility index (Phi) is 5.46. The van der Waals surface area contributed by atoms with Crippen molar-refractivity contribution in [1.29, 1.82) is 0 Å². The zero-order chi connectivity index (χ0) is 13.1. The van der Waals surface area contributed by atoms with Crippen molar-refractivity contribution in [3.8, 4) is 0 Å². The Hall–Kier alpha value is -0.0800. The van der Waals surface area contributed by atoms with Gasteiger partial charge in [0.2, 0.25) is 0 Å². The first-order valence-electron chi connectivity index (χ1n) is 7.42. The van der Waals surface area contributed by atoms with Gasteiger partial charge in [-0.3, -0.25) is 0 Å². The largest absolute Gasteiger partial charge is 0.327 e. The van der Waals surface area contributed by atoms with Crippen LogP contribution >= 0.6 is 0 Å². The van der Waals surface area contributed by atoms with Gasteiger partial charge in [-0.2, -0.15) is 0 Å². The Labute approximate surface area is 108 Å². The monoisotopic (exact) mass is 240 g/mol. The van der Waals surface area contributed by atoms with Gasteiger partial charge in [-0.15, -0.1) is 0 Å². The molecule has 0 heterocycles. The predicted molar refractivity (Wildman–Crippen MR) is 76.1 cm³/mol. The van der Waals surface area contributed by atoms with Crippen LogP contribution < -0.4 is 5.73 Å². The SMILES string of the molecule is CCC(C)N(CC)CC1CCCC(C)(C)C1N. The first-order chi connectivity index (χ1) is 7.92. The molecule has 0 aliphatic heterocycles. The van der Waals surface area contributed by atoms with E-state index in [0.29, 0.717) is 23.4 Å². The van der Waals surface area contributed by atoms with Crippen molar-refractivity contribution in [3.05, 3.63) is 0 Å². The van der Waals surface area contributed by atoms with E-state index < -0.39 is 0 Å². The fourth-order valence-electron chi connectivity index (χ4n) is 3.19. The third-order valence-electron chi connectivity index (χ3n) is 4.90. The van der Waals surface area contributed by atoms with Crippen molar-refractivity contribution in [1.82, 2.24) is 4.90 Å². The second-order valence-electron chi connectivity index (χ2n) is 6.51. The molecular formula is C15H32N2. The summed E-state index contributed by atoms with van der Waals surface area (Å²) < 4.78 is 0. The Bertz CT molecular complexity index is 225. The van der Waals surface area contributed by atoms with Crippen molar-refractivity contribution in [2.75, 3.05) is 13.1 Å². The van der Waals surface area contributed by atoms with Crippen LogP contribution in [0.15, 0.2) is 0 Å². The van der Waals surface area contributed by atoms with Crippen molar-refractivity contribution < 1.29 is 0 Å². The predicted octanol–water partition coefficient (Wildman–Crippen LogP) is 3.26. The van der Waals surface area contributed by atoms with Gasteiger partial charge in [0.25, 0.3) is 0 Å². The van der Waals surface area contributed by atoms with Crippen LogP contribution in [0.25, 0.3) is 0 Å². The minimum Gasteiger partial charge on any atom is -0.327 e. The highest BCUT2D eigenvalue weighted by molar-refractivity contribution is 4.92. The van der Waals surface area contributed by atoms with Gasteiger partial charge in [0.05, 0.1) is 0 Å². The summed E-state index contributed by atoms with van der Waals surface area (Å²) in [6, 6.07) is 1.06. The molecule has 0 amide bonds. The van der Waals surface area contributed by atoms with Crippen LogP contribution in [-0.4, -0.2) is 30.1 Å². The first kappa shape index (κ1) is 15.0. The number of nitrogens with two attached hydrogens (primary N) is 1. The summed E-state index contributed by atoms with van der Waals surface area (Å²) in [5.74, 6) is 0.688. The molecular weight excluding hydrogens is 208 g/mol. The van der Waals surface area contributed by atoms with E-state index in [1.165, 1.54) is 32.2 Å². The van der Waals surface area contributed by atoms with Crippen LogP contribution in [0.5, 0.6) is 0 Å². The van der Waals surface area contributed by atoms with Gasteiger partial charge in [0.1, 0.15) is 0 Å². The van der Waals surface area contributed by atoms with Crippen LogP contribution in [0.4, 0.5) is 0 Å².